The number of anilines is 1. The third-order valence-corrected chi connectivity index (χ3v) is 4.90. The number of aromatic amines is 1. The van der Waals surface area contributed by atoms with Crippen molar-refractivity contribution in [2.45, 2.75) is 18.8 Å². The van der Waals surface area contributed by atoms with Gasteiger partial charge >= 0.3 is 5.76 Å². The van der Waals surface area contributed by atoms with E-state index in [1.165, 1.54) is 0 Å². The minimum absolute atomic E-state index is 0.0194. The van der Waals surface area contributed by atoms with Gasteiger partial charge in [0.15, 0.2) is 5.75 Å². The summed E-state index contributed by atoms with van der Waals surface area (Å²) in [6, 6.07) is 5.68. The summed E-state index contributed by atoms with van der Waals surface area (Å²) in [5, 5.41) is 6.19. The van der Waals surface area contributed by atoms with Crippen LogP contribution in [0.3, 0.4) is 0 Å². The predicted molar refractivity (Wildman–Crippen MR) is 90.2 cm³/mol. The lowest BCUT2D eigenvalue weighted by molar-refractivity contribution is 0.0701. The van der Waals surface area contributed by atoms with Crippen molar-refractivity contribution in [2.24, 2.45) is 0 Å². The van der Waals surface area contributed by atoms with Crippen LogP contribution in [0.4, 0.5) is 5.69 Å². The first-order valence-corrected chi connectivity index (χ1v) is 8.45. The highest BCUT2D eigenvalue weighted by molar-refractivity contribution is 5.99. The summed E-state index contributed by atoms with van der Waals surface area (Å²) >= 11 is 0. The van der Waals surface area contributed by atoms with Gasteiger partial charge in [-0.1, -0.05) is 6.07 Å². The number of benzene rings is 1. The van der Waals surface area contributed by atoms with Gasteiger partial charge in [-0.25, -0.2) is 9.89 Å². The Morgan fingerprint density at radius 2 is 2.08 bits per heavy atom. The molecule has 1 amide bonds. The number of fused-ring (bicyclic) bond motifs is 1. The van der Waals surface area contributed by atoms with Gasteiger partial charge in [0.05, 0.1) is 17.8 Å². The number of nitrogens with one attached hydrogen (secondary N) is 1. The lowest BCUT2D eigenvalue weighted by atomic mass is 9.96. The Kier molecular flexibility index (Phi) is 3.95. The second-order valence-corrected chi connectivity index (χ2v) is 6.44. The van der Waals surface area contributed by atoms with Crippen LogP contribution in [-0.4, -0.2) is 54.3 Å². The fraction of sp³-hybridized carbons (Fsp3) is 0.471. The number of H-pyrrole nitrogens is 1. The Hall–Kier alpha value is -2.77. The van der Waals surface area contributed by atoms with Crippen molar-refractivity contribution in [3.63, 3.8) is 0 Å². The number of hydrogen-bond donors (Lipinski definition) is 1. The zero-order valence-corrected chi connectivity index (χ0v) is 14.0. The van der Waals surface area contributed by atoms with Crippen molar-refractivity contribution in [3.05, 3.63) is 40.2 Å². The Balaban J connectivity index is 1.50. The van der Waals surface area contributed by atoms with Gasteiger partial charge in [0.2, 0.25) is 5.89 Å². The Morgan fingerprint density at radius 1 is 1.28 bits per heavy atom. The van der Waals surface area contributed by atoms with Crippen molar-refractivity contribution < 1.29 is 13.9 Å². The van der Waals surface area contributed by atoms with Gasteiger partial charge in [-0.2, -0.15) is 0 Å². The number of nitrogens with zero attached hydrogens (tertiary/aromatic N) is 3. The minimum Gasteiger partial charge on any atom is -0.489 e. The number of hydrogen-bond acceptors (Lipinski definition) is 6. The third-order valence-electron chi connectivity index (χ3n) is 4.90. The van der Waals surface area contributed by atoms with Crippen molar-refractivity contribution >= 4 is 11.6 Å². The molecule has 8 nitrogen and oxygen atoms in total. The monoisotopic (exact) mass is 344 g/mol. The van der Waals surface area contributed by atoms with E-state index in [9.17, 15) is 9.59 Å². The Labute approximate surface area is 144 Å². The smallest absolute Gasteiger partial charge is 0.434 e. The fourth-order valence-corrected chi connectivity index (χ4v) is 3.47. The summed E-state index contributed by atoms with van der Waals surface area (Å²) in [5.41, 5.74) is 1.55. The highest BCUT2D eigenvalue weighted by Crippen LogP contribution is 2.35. The molecule has 25 heavy (non-hydrogen) atoms. The van der Waals surface area contributed by atoms with E-state index >= 15 is 0 Å². The van der Waals surface area contributed by atoms with Crippen molar-refractivity contribution in [1.82, 2.24) is 15.1 Å². The summed E-state index contributed by atoms with van der Waals surface area (Å²) in [7, 11) is 2.00. The van der Waals surface area contributed by atoms with Crippen LogP contribution in [0.15, 0.2) is 27.4 Å². The van der Waals surface area contributed by atoms with E-state index in [4.69, 9.17) is 9.15 Å². The summed E-state index contributed by atoms with van der Waals surface area (Å²) in [6.45, 7) is 2.58. The number of amides is 1. The van der Waals surface area contributed by atoms with E-state index in [0.29, 0.717) is 36.9 Å². The highest BCUT2D eigenvalue weighted by atomic mass is 16.5. The molecule has 2 aliphatic rings. The van der Waals surface area contributed by atoms with Gasteiger partial charge in [0.1, 0.15) is 6.61 Å². The molecule has 1 aromatic carbocycles. The lowest BCUT2D eigenvalue weighted by Crippen LogP contribution is -2.39. The summed E-state index contributed by atoms with van der Waals surface area (Å²) in [4.78, 5) is 28.0. The molecule has 0 bridgehead atoms. The number of rotatable bonds is 2. The molecule has 1 saturated heterocycles. The van der Waals surface area contributed by atoms with Crippen LogP contribution in [0.5, 0.6) is 5.75 Å². The first kappa shape index (κ1) is 15.7. The van der Waals surface area contributed by atoms with Crippen LogP contribution >= 0.6 is 0 Å². The second kappa shape index (κ2) is 6.27. The van der Waals surface area contributed by atoms with E-state index in [2.05, 4.69) is 15.1 Å². The average molecular weight is 344 g/mol. The third kappa shape index (κ3) is 2.88. The molecule has 0 unspecified atom stereocenters. The van der Waals surface area contributed by atoms with Gasteiger partial charge in [-0.15, -0.1) is 5.10 Å². The van der Waals surface area contributed by atoms with Gasteiger partial charge in [-0.3, -0.25) is 4.79 Å². The number of likely N-dealkylation sites (tertiary alicyclic amines) is 1. The van der Waals surface area contributed by atoms with E-state index in [1.807, 2.05) is 30.1 Å². The van der Waals surface area contributed by atoms with E-state index in [-0.39, 0.29) is 11.8 Å². The summed E-state index contributed by atoms with van der Waals surface area (Å²) in [5.74, 6) is 0.607. The SMILES string of the molecule is CN1CCOc2c(C(=O)N3CCC(c4n[nH]c(=O)o4)CC3)cccc21. The molecule has 2 aliphatic heterocycles. The Bertz CT molecular complexity index is 835. The summed E-state index contributed by atoms with van der Waals surface area (Å²) < 4.78 is 10.8. The van der Waals surface area contributed by atoms with E-state index in [1.54, 1.807) is 0 Å². The first-order valence-electron chi connectivity index (χ1n) is 8.45. The molecule has 0 aliphatic carbocycles. The van der Waals surface area contributed by atoms with Crippen LogP contribution in [0.2, 0.25) is 0 Å². The van der Waals surface area contributed by atoms with Gasteiger partial charge < -0.3 is 19.0 Å². The number of aromatic nitrogens is 2. The highest BCUT2D eigenvalue weighted by Gasteiger charge is 2.30. The number of para-hydroxylation sites is 1. The molecule has 1 N–H and O–H groups in total. The molecule has 1 aromatic heterocycles. The van der Waals surface area contributed by atoms with Crippen LogP contribution in [0.1, 0.15) is 35.0 Å². The van der Waals surface area contributed by atoms with Gasteiger partial charge in [0.25, 0.3) is 5.91 Å². The zero-order chi connectivity index (χ0) is 17.4. The minimum atomic E-state index is -0.536. The van der Waals surface area contributed by atoms with E-state index < -0.39 is 5.76 Å². The molecule has 0 radical (unpaired) electrons. The number of likely N-dealkylation sites (N-methyl/N-ethyl adjacent to an activating group) is 1. The molecular formula is C17H20N4O4. The molecule has 0 saturated carbocycles. The fourth-order valence-electron chi connectivity index (χ4n) is 3.47. The molecule has 2 aromatic rings. The van der Waals surface area contributed by atoms with Crippen LogP contribution in [0, 0.1) is 0 Å². The molecule has 3 heterocycles. The number of ether oxygens (including phenoxy) is 1. The standard InChI is InChI=1S/C17H20N4O4/c1-20-9-10-24-14-12(3-2-4-13(14)20)16(22)21-7-5-11(6-8-21)15-18-19-17(23)25-15/h2-4,11H,5-10H2,1H3,(H,19,23). The van der Waals surface area contributed by atoms with Crippen LogP contribution in [0.25, 0.3) is 0 Å². The van der Waals surface area contributed by atoms with Crippen molar-refractivity contribution in [1.29, 1.82) is 0 Å². The molecular weight excluding hydrogens is 324 g/mol. The normalized spacial score (nSPS) is 18.0. The quantitative estimate of drug-likeness (QED) is 0.880. The maximum atomic E-state index is 13.0. The van der Waals surface area contributed by atoms with E-state index in [0.717, 1.165) is 25.1 Å². The number of piperidine rings is 1. The van der Waals surface area contributed by atoms with Crippen LogP contribution < -0.4 is 15.4 Å². The second-order valence-electron chi connectivity index (χ2n) is 6.44. The van der Waals surface area contributed by atoms with Gasteiger partial charge in [0, 0.05) is 26.1 Å². The molecule has 1 fully saturated rings. The molecule has 4 rings (SSSR count). The lowest BCUT2D eigenvalue weighted by Gasteiger charge is -2.33. The maximum absolute atomic E-state index is 13.0. The maximum Gasteiger partial charge on any atom is 0.434 e. The topological polar surface area (TPSA) is 91.7 Å². The predicted octanol–water partition coefficient (Wildman–Crippen LogP) is 1.21. The number of carbonyl (C=O) groups excluding carboxylic acids is 1. The summed E-state index contributed by atoms with van der Waals surface area (Å²) in [6.07, 6.45) is 1.44. The van der Waals surface area contributed by atoms with Crippen LogP contribution in [-0.2, 0) is 0 Å². The van der Waals surface area contributed by atoms with Crippen molar-refractivity contribution in [2.75, 3.05) is 38.2 Å². The molecule has 0 atom stereocenters. The molecule has 132 valence electrons. The first-order chi connectivity index (χ1) is 12.1. The van der Waals surface area contributed by atoms with Gasteiger partial charge in [-0.05, 0) is 25.0 Å². The average Bonchev–Trinajstić information content (AvgIpc) is 3.08. The molecule has 8 heteroatoms. The Morgan fingerprint density at radius 3 is 2.80 bits per heavy atom. The number of carbonyl (C=O) groups is 1. The van der Waals surface area contributed by atoms with Crippen molar-refractivity contribution in [3.8, 4) is 5.75 Å². The molecule has 0 spiro atoms. The largest absolute Gasteiger partial charge is 0.489 e. The zero-order valence-electron chi connectivity index (χ0n) is 14.0.